The van der Waals surface area contributed by atoms with Crippen LogP contribution >= 0.6 is 0 Å². The first-order valence-electron chi connectivity index (χ1n) is 7.21. The fourth-order valence-corrected chi connectivity index (χ4v) is 2.06. The highest BCUT2D eigenvalue weighted by atomic mass is 16.1. The topological polar surface area (TPSA) is 42.0 Å². The first-order valence-corrected chi connectivity index (χ1v) is 7.21. The molecule has 2 rings (SSSR count). The van der Waals surface area contributed by atoms with Gasteiger partial charge in [0.15, 0.2) is 5.78 Å². The smallest absolute Gasteiger partial charge is 0.176 e. The standard InChI is InChI=1S/C18H22N2O/c1-18(2,3)15-9-7-14(8-10-15)17(21)13-19-12-16-6-4-5-11-20-16/h4-11,19H,12-13H2,1-3H3. The second kappa shape index (κ2) is 6.64. The molecule has 0 unspecified atom stereocenters. The van der Waals surface area contributed by atoms with Gasteiger partial charge in [0.05, 0.1) is 12.2 Å². The summed E-state index contributed by atoms with van der Waals surface area (Å²) >= 11 is 0. The molecule has 110 valence electrons. The highest BCUT2D eigenvalue weighted by molar-refractivity contribution is 5.97. The number of rotatable bonds is 5. The van der Waals surface area contributed by atoms with E-state index in [9.17, 15) is 4.79 Å². The van der Waals surface area contributed by atoms with Crippen molar-refractivity contribution in [3.05, 3.63) is 65.5 Å². The molecule has 1 aromatic carbocycles. The van der Waals surface area contributed by atoms with Crippen LogP contribution < -0.4 is 5.32 Å². The summed E-state index contributed by atoms with van der Waals surface area (Å²) in [6.45, 7) is 7.42. The Balaban J connectivity index is 1.89. The normalized spacial score (nSPS) is 11.4. The number of ketones is 1. The summed E-state index contributed by atoms with van der Waals surface area (Å²) < 4.78 is 0. The average Bonchev–Trinajstić information content (AvgIpc) is 2.47. The monoisotopic (exact) mass is 282 g/mol. The maximum atomic E-state index is 12.1. The van der Waals surface area contributed by atoms with Gasteiger partial charge in [-0.2, -0.15) is 0 Å². The van der Waals surface area contributed by atoms with E-state index < -0.39 is 0 Å². The number of nitrogens with one attached hydrogen (secondary N) is 1. The third kappa shape index (κ3) is 4.50. The minimum atomic E-state index is 0.103. The zero-order valence-corrected chi connectivity index (χ0v) is 12.9. The molecule has 0 saturated carbocycles. The molecule has 2 aromatic rings. The Hall–Kier alpha value is -2.00. The quantitative estimate of drug-likeness (QED) is 0.855. The minimum absolute atomic E-state index is 0.103. The second-order valence-electron chi connectivity index (χ2n) is 6.18. The van der Waals surface area contributed by atoms with Gasteiger partial charge in [-0.3, -0.25) is 9.78 Å². The van der Waals surface area contributed by atoms with Crippen LogP contribution in [0.25, 0.3) is 0 Å². The lowest BCUT2D eigenvalue weighted by Gasteiger charge is -2.19. The first-order chi connectivity index (χ1) is 9.97. The van der Waals surface area contributed by atoms with Crippen LogP contribution in [0.1, 0.15) is 42.4 Å². The molecule has 1 heterocycles. The number of carbonyl (C=O) groups is 1. The van der Waals surface area contributed by atoms with E-state index >= 15 is 0 Å². The summed E-state index contributed by atoms with van der Waals surface area (Å²) in [6.07, 6.45) is 1.75. The van der Waals surface area contributed by atoms with E-state index in [1.165, 1.54) is 5.56 Å². The van der Waals surface area contributed by atoms with Crippen molar-refractivity contribution in [2.45, 2.75) is 32.7 Å². The van der Waals surface area contributed by atoms with Crippen molar-refractivity contribution in [1.82, 2.24) is 10.3 Å². The van der Waals surface area contributed by atoms with E-state index in [1.807, 2.05) is 42.5 Å². The molecule has 0 atom stereocenters. The fourth-order valence-electron chi connectivity index (χ4n) is 2.06. The van der Waals surface area contributed by atoms with Crippen LogP contribution in [0.15, 0.2) is 48.7 Å². The third-order valence-electron chi connectivity index (χ3n) is 3.39. The van der Waals surface area contributed by atoms with E-state index in [1.54, 1.807) is 6.20 Å². The molecule has 0 aliphatic rings. The lowest BCUT2D eigenvalue weighted by atomic mass is 9.86. The molecule has 0 aliphatic heterocycles. The van der Waals surface area contributed by atoms with Crippen molar-refractivity contribution < 1.29 is 4.79 Å². The van der Waals surface area contributed by atoms with Gasteiger partial charge in [0.25, 0.3) is 0 Å². The second-order valence-corrected chi connectivity index (χ2v) is 6.18. The summed E-state index contributed by atoms with van der Waals surface area (Å²) in [5, 5.41) is 3.13. The molecule has 21 heavy (non-hydrogen) atoms. The van der Waals surface area contributed by atoms with Gasteiger partial charge in [0.1, 0.15) is 0 Å². The van der Waals surface area contributed by atoms with Crippen molar-refractivity contribution in [3.63, 3.8) is 0 Å². The van der Waals surface area contributed by atoms with Crippen LogP contribution in [-0.2, 0) is 12.0 Å². The Labute approximate surface area is 126 Å². The van der Waals surface area contributed by atoms with Crippen molar-refractivity contribution in [3.8, 4) is 0 Å². The maximum absolute atomic E-state index is 12.1. The predicted molar refractivity (Wildman–Crippen MR) is 85.4 cm³/mol. The number of carbonyl (C=O) groups excluding carboxylic acids is 1. The van der Waals surface area contributed by atoms with Gasteiger partial charge in [0, 0.05) is 18.3 Å². The number of nitrogens with zero attached hydrogens (tertiary/aromatic N) is 1. The summed E-state index contributed by atoms with van der Waals surface area (Å²) in [4.78, 5) is 16.3. The van der Waals surface area contributed by atoms with E-state index in [4.69, 9.17) is 0 Å². The van der Waals surface area contributed by atoms with Crippen LogP contribution in [0.2, 0.25) is 0 Å². The maximum Gasteiger partial charge on any atom is 0.176 e. The van der Waals surface area contributed by atoms with Gasteiger partial charge < -0.3 is 5.32 Å². The number of benzene rings is 1. The Morgan fingerprint density at radius 1 is 1.10 bits per heavy atom. The molecule has 0 fully saturated rings. The summed E-state index contributed by atoms with van der Waals surface area (Å²) in [5.74, 6) is 0.103. The van der Waals surface area contributed by atoms with Crippen LogP contribution in [0, 0.1) is 0 Å². The Kier molecular flexibility index (Phi) is 4.86. The Morgan fingerprint density at radius 3 is 2.38 bits per heavy atom. The molecule has 0 radical (unpaired) electrons. The van der Waals surface area contributed by atoms with Gasteiger partial charge in [-0.25, -0.2) is 0 Å². The number of Topliss-reactive ketones (excluding diaryl/α,β-unsaturated/α-hetero) is 1. The lowest BCUT2D eigenvalue weighted by molar-refractivity contribution is 0.0990. The number of hydrogen-bond acceptors (Lipinski definition) is 3. The third-order valence-corrected chi connectivity index (χ3v) is 3.39. The van der Waals surface area contributed by atoms with E-state index in [-0.39, 0.29) is 11.2 Å². The van der Waals surface area contributed by atoms with Crippen molar-refractivity contribution in [2.75, 3.05) is 6.54 Å². The minimum Gasteiger partial charge on any atom is -0.304 e. The molecule has 1 N–H and O–H groups in total. The van der Waals surface area contributed by atoms with E-state index in [0.29, 0.717) is 13.1 Å². The number of hydrogen-bond donors (Lipinski definition) is 1. The van der Waals surface area contributed by atoms with Gasteiger partial charge >= 0.3 is 0 Å². The lowest BCUT2D eigenvalue weighted by Crippen LogP contribution is -2.23. The fraction of sp³-hybridized carbons (Fsp3) is 0.333. The molecule has 0 bridgehead atoms. The van der Waals surface area contributed by atoms with Crippen LogP contribution in [-0.4, -0.2) is 17.3 Å². The van der Waals surface area contributed by atoms with Crippen LogP contribution in [0.5, 0.6) is 0 Å². The van der Waals surface area contributed by atoms with Crippen molar-refractivity contribution in [2.24, 2.45) is 0 Å². The highest BCUT2D eigenvalue weighted by Gasteiger charge is 2.14. The molecule has 1 aromatic heterocycles. The molecule has 0 amide bonds. The summed E-state index contributed by atoms with van der Waals surface area (Å²) in [7, 11) is 0. The molecular formula is C18H22N2O. The van der Waals surface area contributed by atoms with Gasteiger partial charge in [-0.1, -0.05) is 51.1 Å². The zero-order valence-electron chi connectivity index (χ0n) is 12.9. The van der Waals surface area contributed by atoms with Crippen LogP contribution in [0.3, 0.4) is 0 Å². The highest BCUT2D eigenvalue weighted by Crippen LogP contribution is 2.22. The molecular weight excluding hydrogens is 260 g/mol. The predicted octanol–water partition coefficient (Wildman–Crippen LogP) is 3.35. The Morgan fingerprint density at radius 2 is 1.81 bits per heavy atom. The van der Waals surface area contributed by atoms with Gasteiger partial charge in [0.2, 0.25) is 0 Å². The largest absolute Gasteiger partial charge is 0.304 e. The Bertz CT molecular complexity index is 583. The average molecular weight is 282 g/mol. The first kappa shape index (κ1) is 15.4. The van der Waals surface area contributed by atoms with E-state index in [0.717, 1.165) is 11.3 Å². The summed E-state index contributed by atoms with van der Waals surface area (Å²) in [6, 6.07) is 13.6. The van der Waals surface area contributed by atoms with Gasteiger partial charge in [-0.15, -0.1) is 0 Å². The number of aromatic nitrogens is 1. The van der Waals surface area contributed by atoms with E-state index in [2.05, 4.69) is 31.1 Å². The van der Waals surface area contributed by atoms with Gasteiger partial charge in [-0.05, 0) is 23.1 Å². The van der Waals surface area contributed by atoms with Crippen molar-refractivity contribution >= 4 is 5.78 Å². The molecule has 0 aliphatic carbocycles. The van der Waals surface area contributed by atoms with Crippen LogP contribution in [0.4, 0.5) is 0 Å². The SMILES string of the molecule is CC(C)(C)c1ccc(C(=O)CNCc2ccccn2)cc1. The zero-order chi connectivity index (χ0) is 15.3. The molecule has 0 spiro atoms. The van der Waals surface area contributed by atoms with Crippen molar-refractivity contribution in [1.29, 1.82) is 0 Å². The molecule has 3 nitrogen and oxygen atoms in total. The summed E-state index contributed by atoms with van der Waals surface area (Å²) in [5.41, 5.74) is 3.03. The number of pyridine rings is 1. The molecule has 3 heteroatoms. The molecule has 0 saturated heterocycles.